The summed E-state index contributed by atoms with van der Waals surface area (Å²) in [7, 11) is 0. The van der Waals surface area contributed by atoms with E-state index >= 15 is 0 Å². The number of carbonyl (C=O) groups excluding carboxylic acids is 1. The van der Waals surface area contributed by atoms with Gasteiger partial charge in [0.15, 0.2) is 5.69 Å². The molecule has 1 heterocycles. The Kier molecular flexibility index (Phi) is 3.93. The van der Waals surface area contributed by atoms with Crippen molar-refractivity contribution in [3.05, 3.63) is 17.0 Å². The lowest BCUT2D eigenvalue weighted by Gasteiger charge is -2.36. The Bertz CT molecular complexity index is 585. The first-order valence-corrected chi connectivity index (χ1v) is 8.05. The van der Waals surface area contributed by atoms with Crippen molar-refractivity contribution in [1.82, 2.24) is 10.5 Å². The molecule has 1 saturated carbocycles. The number of carboxylic acid groups (broad SMARTS) is 1. The summed E-state index contributed by atoms with van der Waals surface area (Å²) in [5, 5.41) is 16.2. The molecule has 22 heavy (non-hydrogen) atoms. The molecule has 0 aromatic carbocycles. The molecule has 1 fully saturated rings. The molecule has 0 spiro atoms. The second kappa shape index (κ2) is 5.74. The van der Waals surface area contributed by atoms with Gasteiger partial charge in [-0.25, -0.2) is 4.79 Å². The van der Waals surface area contributed by atoms with Crippen molar-refractivity contribution in [2.75, 3.05) is 0 Å². The molecule has 0 bridgehead atoms. The Morgan fingerprint density at radius 3 is 2.64 bits per heavy atom. The van der Waals surface area contributed by atoms with Gasteiger partial charge in [0.25, 0.3) is 5.91 Å². The molecule has 0 atom stereocenters. The largest absolute Gasteiger partial charge is 0.480 e. The zero-order valence-corrected chi connectivity index (χ0v) is 12.9. The van der Waals surface area contributed by atoms with E-state index in [4.69, 9.17) is 4.52 Å². The molecule has 0 saturated heterocycles. The van der Waals surface area contributed by atoms with Crippen LogP contribution in [0.1, 0.15) is 67.3 Å². The van der Waals surface area contributed by atoms with Crippen molar-refractivity contribution < 1.29 is 19.2 Å². The van der Waals surface area contributed by atoms with Gasteiger partial charge in [-0.05, 0) is 50.9 Å². The van der Waals surface area contributed by atoms with Gasteiger partial charge in [-0.15, -0.1) is 0 Å². The van der Waals surface area contributed by atoms with Gasteiger partial charge < -0.3 is 14.9 Å². The minimum atomic E-state index is -1.16. The Morgan fingerprint density at radius 2 is 1.95 bits per heavy atom. The summed E-state index contributed by atoms with van der Waals surface area (Å²) >= 11 is 0. The Balaban J connectivity index is 1.80. The predicted octanol–water partition coefficient (Wildman–Crippen LogP) is 2.32. The number of nitrogens with one attached hydrogen (secondary N) is 1. The van der Waals surface area contributed by atoms with Crippen molar-refractivity contribution in [3.63, 3.8) is 0 Å². The highest BCUT2D eigenvalue weighted by atomic mass is 16.5. The average molecular weight is 306 g/mol. The molecule has 1 amide bonds. The lowest BCUT2D eigenvalue weighted by Crippen LogP contribution is -2.56. The molecule has 1 aromatic rings. The molecular formula is C16H22N2O4. The molecule has 6 heteroatoms. The van der Waals surface area contributed by atoms with Crippen molar-refractivity contribution in [3.8, 4) is 0 Å². The molecule has 6 nitrogen and oxygen atoms in total. The molecule has 2 aliphatic rings. The van der Waals surface area contributed by atoms with Crippen LogP contribution in [0.4, 0.5) is 0 Å². The third-order valence-electron chi connectivity index (χ3n) is 5.06. The first-order chi connectivity index (χ1) is 10.5. The van der Waals surface area contributed by atoms with Crippen LogP contribution in [0.2, 0.25) is 0 Å². The van der Waals surface area contributed by atoms with E-state index in [1.807, 2.05) is 0 Å². The van der Waals surface area contributed by atoms with Crippen LogP contribution in [0, 0.1) is 5.92 Å². The standard InChI is InChI=1S/C16H22N2O4/c1-10-6-8-16(9-7-10,15(20)21)17-14(19)13-11-4-2-3-5-12(11)22-18-13/h10H,2-9H2,1H3,(H,17,19)(H,20,21). The number of aromatic nitrogens is 1. The fourth-order valence-electron chi connectivity index (χ4n) is 3.49. The van der Waals surface area contributed by atoms with Gasteiger partial charge in [0.2, 0.25) is 0 Å². The van der Waals surface area contributed by atoms with Crippen LogP contribution < -0.4 is 5.32 Å². The topological polar surface area (TPSA) is 92.4 Å². The zero-order chi connectivity index (χ0) is 15.7. The summed E-state index contributed by atoms with van der Waals surface area (Å²) in [6, 6.07) is 0. The van der Waals surface area contributed by atoms with Gasteiger partial charge >= 0.3 is 5.97 Å². The number of rotatable bonds is 3. The van der Waals surface area contributed by atoms with E-state index in [2.05, 4.69) is 17.4 Å². The summed E-state index contributed by atoms with van der Waals surface area (Å²) in [5.74, 6) is -0.0869. The predicted molar refractivity (Wildman–Crippen MR) is 78.6 cm³/mol. The Hall–Kier alpha value is -1.85. The normalized spacial score (nSPS) is 28.0. The highest BCUT2D eigenvalue weighted by molar-refractivity contribution is 5.97. The summed E-state index contributed by atoms with van der Waals surface area (Å²) in [4.78, 5) is 24.3. The summed E-state index contributed by atoms with van der Waals surface area (Å²) in [6.45, 7) is 2.11. The minimum absolute atomic E-state index is 0.272. The first-order valence-electron chi connectivity index (χ1n) is 8.05. The molecule has 120 valence electrons. The van der Waals surface area contributed by atoms with E-state index in [-0.39, 0.29) is 5.69 Å². The number of aryl methyl sites for hydroxylation is 1. The number of carboxylic acids is 1. The lowest BCUT2D eigenvalue weighted by molar-refractivity contribution is -0.146. The molecule has 2 N–H and O–H groups in total. The van der Waals surface area contributed by atoms with E-state index in [0.717, 1.165) is 49.8 Å². The number of hydrogen-bond acceptors (Lipinski definition) is 4. The highest BCUT2D eigenvalue weighted by Crippen LogP contribution is 2.33. The van der Waals surface area contributed by atoms with Gasteiger partial charge in [0, 0.05) is 12.0 Å². The van der Waals surface area contributed by atoms with Crippen LogP contribution in [0.3, 0.4) is 0 Å². The molecule has 2 aliphatic carbocycles. The maximum absolute atomic E-state index is 12.5. The molecule has 0 unspecified atom stereocenters. The van der Waals surface area contributed by atoms with Gasteiger partial charge in [-0.3, -0.25) is 4.79 Å². The molecular weight excluding hydrogens is 284 g/mol. The number of amides is 1. The molecule has 1 aromatic heterocycles. The fourth-order valence-corrected chi connectivity index (χ4v) is 3.49. The van der Waals surface area contributed by atoms with Crippen LogP contribution in [0.5, 0.6) is 0 Å². The van der Waals surface area contributed by atoms with Crippen LogP contribution in [-0.2, 0) is 17.6 Å². The van der Waals surface area contributed by atoms with Gasteiger partial charge in [0.05, 0.1) is 0 Å². The average Bonchev–Trinajstić information content (AvgIpc) is 2.93. The number of carbonyl (C=O) groups is 2. The molecule has 3 rings (SSSR count). The zero-order valence-electron chi connectivity index (χ0n) is 12.9. The molecule has 0 radical (unpaired) electrons. The second-order valence-corrected chi connectivity index (χ2v) is 6.66. The fraction of sp³-hybridized carbons (Fsp3) is 0.688. The third kappa shape index (κ3) is 2.62. The Morgan fingerprint density at radius 1 is 1.27 bits per heavy atom. The van der Waals surface area contributed by atoms with Crippen molar-refractivity contribution in [2.24, 2.45) is 5.92 Å². The quantitative estimate of drug-likeness (QED) is 0.894. The van der Waals surface area contributed by atoms with Crippen LogP contribution in [0.15, 0.2) is 4.52 Å². The SMILES string of the molecule is CC1CCC(NC(=O)c2noc3c2CCCC3)(C(=O)O)CC1. The first kappa shape index (κ1) is 15.1. The monoisotopic (exact) mass is 306 g/mol. The van der Waals surface area contributed by atoms with E-state index in [0.29, 0.717) is 18.8 Å². The summed E-state index contributed by atoms with van der Waals surface area (Å²) in [5.41, 5.74) is -0.0354. The van der Waals surface area contributed by atoms with E-state index in [1.54, 1.807) is 0 Å². The Labute approximate surface area is 129 Å². The maximum atomic E-state index is 12.5. The number of hydrogen-bond donors (Lipinski definition) is 2. The van der Waals surface area contributed by atoms with Gasteiger partial charge in [0.1, 0.15) is 11.3 Å². The molecule has 0 aliphatic heterocycles. The summed E-state index contributed by atoms with van der Waals surface area (Å²) in [6.07, 6.45) is 6.18. The van der Waals surface area contributed by atoms with Gasteiger partial charge in [-0.1, -0.05) is 12.1 Å². The minimum Gasteiger partial charge on any atom is -0.480 e. The van der Waals surface area contributed by atoms with Crippen molar-refractivity contribution in [1.29, 1.82) is 0 Å². The smallest absolute Gasteiger partial charge is 0.329 e. The third-order valence-corrected chi connectivity index (χ3v) is 5.06. The van der Waals surface area contributed by atoms with E-state index in [9.17, 15) is 14.7 Å². The summed E-state index contributed by atoms with van der Waals surface area (Å²) < 4.78 is 5.25. The van der Waals surface area contributed by atoms with Crippen molar-refractivity contribution >= 4 is 11.9 Å². The number of fused-ring (bicyclic) bond motifs is 1. The van der Waals surface area contributed by atoms with Crippen LogP contribution in [-0.4, -0.2) is 27.7 Å². The highest BCUT2D eigenvalue weighted by Gasteiger charge is 2.43. The van der Waals surface area contributed by atoms with Crippen LogP contribution in [0.25, 0.3) is 0 Å². The van der Waals surface area contributed by atoms with Crippen LogP contribution >= 0.6 is 0 Å². The lowest BCUT2D eigenvalue weighted by atomic mass is 9.77. The van der Waals surface area contributed by atoms with E-state index in [1.165, 1.54) is 0 Å². The van der Waals surface area contributed by atoms with Gasteiger partial charge in [-0.2, -0.15) is 0 Å². The maximum Gasteiger partial charge on any atom is 0.329 e. The number of aliphatic carboxylic acids is 1. The second-order valence-electron chi connectivity index (χ2n) is 6.66. The number of nitrogens with zero attached hydrogens (tertiary/aromatic N) is 1. The van der Waals surface area contributed by atoms with Crippen molar-refractivity contribution in [2.45, 2.75) is 63.8 Å². The van der Waals surface area contributed by atoms with E-state index < -0.39 is 17.4 Å².